The molecule has 1 N–H and O–H groups in total. The van der Waals surface area contributed by atoms with Crippen LogP contribution in [0.3, 0.4) is 0 Å². The van der Waals surface area contributed by atoms with Crippen molar-refractivity contribution in [3.63, 3.8) is 0 Å². The largest absolute Gasteiger partial charge is 0.359 e. The van der Waals surface area contributed by atoms with Gasteiger partial charge in [0.15, 0.2) is 0 Å². The first-order chi connectivity index (χ1) is 6.27. The predicted molar refractivity (Wildman–Crippen MR) is 53.5 cm³/mol. The Morgan fingerprint density at radius 2 is 2.38 bits per heavy atom. The third kappa shape index (κ3) is 2.99. The Balaban J connectivity index is 2.37. The van der Waals surface area contributed by atoms with Gasteiger partial charge in [-0.25, -0.2) is 0 Å². The molecule has 0 spiro atoms. The molecule has 1 heterocycles. The number of hydrogen-bond acceptors (Lipinski definition) is 2. The minimum Gasteiger partial charge on any atom is -0.359 e. The van der Waals surface area contributed by atoms with Gasteiger partial charge >= 0.3 is 0 Å². The van der Waals surface area contributed by atoms with E-state index in [1.54, 1.807) is 7.05 Å². The lowest BCUT2D eigenvalue weighted by molar-refractivity contribution is -0.126. The van der Waals surface area contributed by atoms with Gasteiger partial charge in [-0.2, -0.15) is 0 Å². The van der Waals surface area contributed by atoms with Gasteiger partial charge in [-0.3, -0.25) is 4.79 Å². The fourth-order valence-electron chi connectivity index (χ4n) is 1.99. The number of nitrogens with one attached hydrogen (secondary N) is 1. The minimum atomic E-state index is 0.209. The lowest BCUT2D eigenvalue weighted by Gasteiger charge is -2.31. The minimum absolute atomic E-state index is 0.209. The summed E-state index contributed by atoms with van der Waals surface area (Å²) < 4.78 is 0. The van der Waals surface area contributed by atoms with Crippen LogP contribution in [-0.2, 0) is 4.79 Å². The molecular weight excluding hydrogens is 164 g/mol. The molecule has 1 atom stereocenters. The molecule has 0 saturated carbocycles. The quantitative estimate of drug-likeness (QED) is 0.705. The number of nitrogens with zero attached hydrogens (tertiary/aromatic N) is 1. The van der Waals surface area contributed by atoms with E-state index in [0.717, 1.165) is 25.9 Å². The summed E-state index contributed by atoms with van der Waals surface area (Å²) in [6, 6.07) is 0. The summed E-state index contributed by atoms with van der Waals surface area (Å²) in [7, 11) is 1.72. The monoisotopic (exact) mass is 184 g/mol. The molecule has 1 amide bonds. The molecule has 0 bridgehead atoms. The van der Waals surface area contributed by atoms with Crippen molar-refractivity contribution >= 4 is 5.91 Å². The summed E-state index contributed by atoms with van der Waals surface area (Å²) in [6.07, 6.45) is 3.40. The van der Waals surface area contributed by atoms with E-state index in [1.165, 1.54) is 13.0 Å². The maximum absolute atomic E-state index is 11.4. The number of amides is 1. The van der Waals surface area contributed by atoms with Crippen LogP contribution >= 0.6 is 0 Å². The first-order valence-corrected chi connectivity index (χ1v) is 5.22. The number of likely N-dealkylation sites (tertiary alicyclic amines) is 1. The zero-order chi connectivity index (χ0) is 9.68. The van der Waals surface area contributed by atoms with Gasteiger partial charge < -0.3 is 10.2 Å². The van der Waals surface area contributed by atoms with Crippen LogP contribution in [0.5, 0.6) is 0 Å². The maximum atomic E-state index is 11.4. The number of carbonyl (C=O) groups excluding carboxylic acids is 1. The van der Waals surface area contributed by atoms with Gasteiger partial charge in [0.25, 0.3) is 0 Å². The van der Waals surface area contributed by atoms with Crippen molar-refractivity contribution < 1.29 is 4.79 Å². The van der Waals surface area contributed by atoms with E-state index in [2.05, 4.69) is 17.1 Å². The van der Waals surface area contributed by atoms with E-state index in [4.69, 9.17) is 0 Å². The molecule has 0 radical (unpaired) electrons. The SMILES string of the molecule is CCCN1CCCC(C(=O)NC)C1. The Morgan fingerprint density at radius 3 is 3.00 bits per heavy atom. The highest BCUT2D eigenvalue weighted by atomic mass is 16.1. The Kier molecular flexibility index (Phi) is 4.22. The van der Waals surface area contributed by atoms with Crippen molar-refractivity contribution in [3.05, 3.63) is 0 Å². The molecule has 1 aliphatic heterocycles. The van der Waals surface area contributed by atoms with Gasteiger partial charge in [0.05, 0.1) is 5.92 Å². The van der Waals surface area contributed by atoms with E-state index < -0.39 is 0 Å². The van der Waals surface area contributed by atoms with Gasteiger partial charge in [-0.1, -0.05) is 6.92 Å². The molecule has 3 heteroatoms. The van der Waals surface area contributed by atoms with Gasteiger partial charge in [-0.15, -0.1) is 0 Å². The van der Waals surface area contributed by atoms with Crippen LogP contribution in [0.1, 0.15) is 26.2 Å². The fourth-order valence-corrected chi connectivity index (χ4v) is 1.99. The number of carbonyl (C=O) groups is 1. The summed E-state index contributed by atoms with van der Waals surface area (Å²) in [5, 5.41) is 2.73. The van der Waals surface area contributed by atoms with Crippen LogP contribution in [0.25, 0.3) is 0 Å². The molecule has 0 aliphatic carbocycles. The third-order valence-electron chi connectivity index (χ3n) is 2.66. The van der Waals surface area contributed by atoms with Crippen molar-refractivity contribution in [2.24, 2.45) is 5.92 Å². The van der Waals surface area contributed by atoms with Crippen molar-refractivity contribution in [1.82, 2.24) is 10.2 Å². The Labute approximate surface area is 80.5 Å². The van der Waals surface area contributed by atoms with E-state index >= 15 is 0 Å². The average molecular weight is 184 g/mol. The summed E-state index contributed by atoms with van der Waals surface area (Å²) in [4.78, 5) is 13.8. The standard InChI is InChI=1S/C10H20N2O/c1-3-6-12-7-4-5-9(8-12)10(13)11-2/h9H,3-8H2,1-2H3,(H,11,13). The molecular formula is C10H20N2O. The molecule has 1 unspecified atom stereocenters. The average Bonchev–Trinajstić information content (AvgIpc) is 2.18. The summed E-state index contributed by atoms with van der Waals surface area (Å²) in [6.45, 7) is 5.44. The molecule has 1 rings (SSSR count). The van der Waals surface area contributed by atoms with Crippen molar-refractivity contribution in [2.75, 3.05) is 26.7 Å². The van der Waals surface area contributed by atoms with Crippen molar-refractivity contribution in [2.45, 2.75) is 26.2 Å². The van der Waals surface area contributed by atoms with Gasteiger partial charge in [0.2, 0.25) is 5.91 Å². The van der Waals surface area contributed by atoms with E-state index in [-0.39, 0.29) is 11.8 Å². The lowest BCUT2D eigenvalue weighted by atomic mass is 9.97. The molecule has 1 aliphatic rings. The Hall–Kier alpha value is -0.570. The third-order valence-corrected chi connectivity index (χ3v) is 2.66. The molecule has 0 aromatic rings. The van der Waals surface area contributed by atoms with Crippen molar-refractivity contribution in [1.29, 1.82) is 0 Å². The normalized spacial score (nSPS) is 24.3. The molecule has 3 nitrogen and oxygen atoms in total. The van der Waals surface area contributed by atoms with Crippen LogP contribution in [0, 0.1) is 5.92 Å². The Morgan fingerprint density at radius 1 is 1.62 bits per heavy atom. The predicted octanol–water partition coefficient (Wildman–Crippen LogP) is 0.854. The zero-order valence-corrected chi connectivity index (χ0v) is 8.68. The van der Waals surface area contributed by atoms with Crippen molar-refractivity contribution in [3.8, 4) is 0 Å². The number of piperidine rings is 1. The number of rotatable bonds is 3. The van der Waals surface area contributed by atoms with Crippen LogP contribution in [-0.4, -0.2) is 37.5 Å². The number of hydrogen-bond donors (Lipinski definition) is 1. The summed E-state index contributed by atoms with van der Waals surface area (Å²) in [5.74, 6) is 0.436. The molecule has 1 saturated heterocycles. The second-order valence-electron chi connectivity index (χ2n) is 3.75. The molecule has 0 aromatic carbocycles. The summed E-state index contributed by atoms with van der Waals surface area (Å²) in [5.41, 5.74) is 0. The second kappa shape index (κ2) is 5.22. The van der Waals surface area contributed by atoms with Gasteiger partial charge in [-0.05, 0) is 32.4 Å². The Bertz CT molecular complexity index is 168. The highest BCUT2D eigenvalue weighted by Gasteiger charge is 2.23. The molecule has 1 fully saturated rings. The first kappa shape index (κ1) is 10.5. The molecule has 76 valence electrons. The summed E-state index contributed by atoms with van der Waals surface area (Å²) >= 11 is 0. The smallest absolute Gasteiger partial charge is 0.224 e. The lowest BCUT2D eigenvalue weighted by Crippen LogP contribution is -2.42. The van der Waals surface area contributed by atoms with Crippen LogP contribution in [0.15, 0.2) is 0 Å². The van der Waals surface area contributed by atoms with Crippen LogP contribution < -0.4 is 5.32 Å². The van der Waals surface area contributed by atoms with Crippen LogP contribution in [0.4, 0.5) is 0 Å². The van der Waals surface area contributed by atoms with Gasteiger partial charge in [0, 0.05) is 13.6 Å². The van der Waals surface area contributed by atoms with Crippen LogP contribution in [0.2, 0.25) is 0 Å². The van der Waals surface area contributed by atoms with E-state index in [9.17, 15) is 4.79 Å². The van der Waals surface area contributed by atoms with E-state index in [1.807, 2.05) is 0 Å². The second-order valence-corrected chi connectivity index (χ2v) is 3.75. The van der Waals surface area contributed by atoms with E-state index in [0.29, 0.717) is 0 Å². The molecule has 0 aromatic heterocycles. The van der Waals surface area contributed by atoms with Gasteiger partial charge in [0.1, 0.15) is 0 Å². The highest BCUT2D eigenvalue weighted by molar-refractivity contribution is 5.78. The highest BCUT2D eigenvalue weighted by Crippen LogP contribution is 2.16. The molecule has 13 heavy (non-hydrogen) atoms. The zero-order valence-electron chi connectivity index (χ0n) is 8.68. The fraction of sp³-hybridized carbons (Fsp3) is 0.900. The topological polar surface area (TPSA) is 32.3 Å². The first-order valence-electron chi connectivity index (χ1n) is 5.22. The maximum Gasteiger partial charge on any atom is 0.224 e.